The molecule has 2 aromatic rings. The Morgan fingerprint density at radius 2 is 1.56 bits per heavy atom. The predicted molar refractivity (Wildman–Crippen MR) is 98.5 cm³/mol. The fourth-order valence-corrected chi connectivity index (χ4v) is 3.05. The predicted octanol–water partition coefficient (Wildman–Crippen LogP) is 1.37. The molecule has 0 atom stereocenters. The monoisotopic (exact) mass is 326 g/mol. The van der Waals surface area contributed by atoms with E-state index in [9.17, 15) is 4.79 Å². The lowest BCUT2D eigenvalue weighted by Gasteiger charge is -1.99. The maximum Gasteiger partial charge on any atom is 0.204 e. The first-order valence-electron chi connectivity index (χ1n) is 8.02. The summed E-state index contributed by atoms with van der Waals surface area (Å²) < 4.78 is 0. The van der Waals surface area contributed by atoms with Gasteiger partial charge in [0.2, 0.25) is 5.78 Å². The molecule has 0 aromatic carbocycles. The van der Waals surface area contributed by atoms with Crippen LogP contribution in [0.5, 0.6) is 0 Å². The van der Waals surface area contributed by atoms with Gasteiger partial charge in [0.05, 0.1) is 17.1 Å². The van der Waals surface area contributed by atoms with Crippen molar-refractivity contribution in [1.29, 1.82) is 0 Å². The van der Waals surface area contributed by atoms with E-state index in [2.05, 4.69) is 20.3 Å². The second-order valence-electron chi connectivity index (χ2n) is 6.11. The van der Waals surface area contributed by atoms with Crippen LogP contribution in [-0.2, 0) is 4.79 Å². The highest BCUT2D eigenvalue weighted by Crippen LogP contribution is 2.17. The number of aromatic amines is 2. The minimum absolute atomic E-state index is 0.0315. The standard InChI is InChI=1S/C20H14N4O/c25-20-11-18-9-16-4-3-14(22-16)7-12-1-2-13(21-12)8-15-5-6-17(23-15)10-19(20)24-18/h1-11,22-24H. The molecular formula is C20H14N4O. The van der Waals surface area contributed by atoms with Gasteiger partial charge >= 0.3 is 0 Å². The zero-order chi connectivity index (χ0) is 16.8. The summed E-state index contributed by atoms with van der Waals surface area (Å²) in [5.74, 6) is -0.0315. The number of carbonyl (C=O) groups excluding carboxylic acids is 1. The van der Waals surface area contributed by atoms with Gasteiger partial charge in [0, 0.05) is 33.9 Å². The van der Waals surface area contributed by atoms with Gasteiger partial charge in [-0.1, -0.05) is 0 Å². The molecule has 3 aliphatic rings. The lowest BCUT2D eigenvalue weighted by molar-refractivity contribution is -0.111. The molecule has 5 heterocycles. The number of ketones is 1. The highest BCUT2D eigenvalue weighted by atomic mass is 16.1. The Kier molecular flexibility index (Phi) is 2.87. The average molecular weight is 326 g/mol. The normalized spacial score (nSPS) is 17.8. The number of hydrogen-bond acceptors (Lipinski definition) is 3. The Morgan fingerprint density at radius 3 is 2.44 bits per heavy atom. The molecular weight excluding hydrogens is 312 g/mol. The van der Waals surface area contributed by atoms with Gasteiger partial charge in [-0.2, -0.15) is 0 Å². The van der Waals surface area contributed by atoms with Gasteiger partial charge in [-0.15, -0.1) is 0 Å². The van der Waals surface area contributed by atoms with Crippen LogP contribution in [0.25, 0.3) is 24.3 Å². The second kappa shape index (κ2) is 5.21. The molecule has 2 aromatic heterocycles. The smallest absolute Gasteiger partial charge is 0.204 e. The zero-order valence-electron chi connectivity index (χ0n) is 13.2. The Balaban J connectivity index is 1.70. The Labute approximate surface area is 143 Å². The van der Waals surface area contributed by atoms with Crippen LogP contribution in [0.15, 0.2) is 64.6 Å². The number of nitrogens with one attached hydrogen (secondary N) is 3. The minimum atomic E-state index is -0.0315. The van der Waals surface area contributed by atoms with Crippen molar-refractivity contribution in [3.8, 4) is 0 Å². The molecule has 0 spiro atoms. The van der Waals surface area contributed by atoms with Gasteiger partial charge in [-0.25, -0.2) is 4.99 Å². The third-order valence-electron chi connectivity index (χ3n) is 4.19. The van der Waals surface area contributed by atoms with Crippen LogP contribution >= 0.6 is 0 Å². The van der Waals surface area contributed by atoms with Gasteiger partial charge in [-0.3, -0.25) is 4.79 Å². The van der Waals surface area contributed by atoms with Crippen molar-refractivity contribution in [1.82, 2.24) is 15.3 Å². The fraction of sp³-hybridized carbons (Fsp3) is 0. The van der Waals surface area contributed by atoms with Crippen molar-refractivity contribution in [2.24, 2.45) is 4.99 Å². The molecule has 120 valence electrons. The van der Waals surface area contributed by atoms with Crippen LogP contribution in [0.1, 0.15) is 11.4 Å². The number of aromatic nitrogens is 2. The molecule has 8 bridgehead atoms. The van der Waals surface area contributed by atoms with Crippen molar-refractivity contribution in [2.45, 2.75) is 0 Å². The summed E-state index contributed by atoms with van der Waals surface area (Å²) in [7, 11) is 0. The van der Waals surface area contributed by atoms with Gasteiger partial charge in [0.15, 0.2) is 0 Å². The highest BCUT2D eigenvalue weighted by molar-refractivity contribution is 6.19. The van der Waals surface area contributed by atoms with Gasteiger partial charge in [-0.05, 0) is 60.7 Å². The Hall–Kier alpha value is -3.60. The maximum atomic E-state index is 12.2. The summed E-state index contributed by atoms with van der Waals surface area (Å²) in [6.07, 6.45) is 13.3. The topological polar surface area (TPSA) is 73.0 Å². The molecule has 0 unspecified atom stereocenters. The lowest BCUT2D eigenvalue weighted by atomic mass is 10.2. The van der Waals surface area contributed by atoms with Crippen molar-refractivity contribution in [2.75, 3.05) is 0 Å². The number of fused-ring (bicyclic) bond motifs is 7. The molecule has 5 nitrogen and oxygen atoms in total. The summed E-state index contributed by atoms with van der Waals surface area (Å²) >= 11 is 0. The summed E-state index contributed by atoms with van der Waals surface area (Å²) in [5, 5.41) is 5.05. The second-order valence-corrected chi connectivity index (χ2v) is 6.11. The summed E-state index contributed by atoms with van der Waals surface area (Å²) in [6, 6.07) is 7.89. The third kappa shape index (κ3) is 2.61. The first-order chi connectivity index (χ1) is 12.2. The fourth-order valence-electron chi connectivity index (χ4n) is 3.05. The zero-order valence-corrected chi connectivity index (χ0v) is 13.2. The number of allylic oxidation sites excluding steroid dienone is 4. The van der Waals surface area contributed by atoms with Crippen molar-refractivity contribution >= 4 is 35.8 Å². The van der Waals surface area contributed by atoms with E-state index in [1.807, 2.05) is 60.7 Å². The molecule has 0 amide bonds. The van der Waals surface area contributed by atoms with Crippen LogP contribution in [0.2, 0.25) is 0 Å². The number of H-pyrrole nitrogens is 2. The van der Waals surface area contributed by atoms with E-state index in [0.717, 1.165) is 39.2 Å². The molecule has 5 rings (SSSR count). The Morgan fingerprint density at radius 1 is 0.760 bits per heavy atom. The molecule has 25 heavy (non-hydrogen) atoms. The van der Waals surface area contributed by atoms with E-state index in [0.29, 0.717) is 5.70 Å². The average Bonchev–Trinajstić information content (AvgIpc) is 3.33. The molecule has 5 heteroatoms. The molecule has 0 saturated heterocycles. The maximum absolute atomic E-state index is 12.2. The van der Waals surface area contributed by atoms with E-state index in [1.54, 1.807) is 6.08 Å². The lowest BCUT2D eigenvalue weighted by Crippen LogP contribution is -2.14. The van der Waals surface area contributed by atoms with E-state index >= 15 is 0 Å². The first-order valence-corrected chi connectivity index (χ1v) is 8.02. The summed E-state index contributed by atoms with van der Waals surface area (Å²) in [4.78, 5) is 23.4. The first kappa shape index (κ1) is 13.8. The van der Waals surface area contributed by atoms with Crippen LogP contribution in [0.3, 0.4) is 0 Å². The van der Waals surface area contributed by atoms with E-state index < -0.39 is 0 Å². The van der Waals surface area contributed by atoms with Crippen LogP contribution in [0.4, 0.5) is 0 Å². The number of nitrogens with zero attached hydrogens (tertiary/aromatic N) is 1. The highest BCUT2D eigenvalue weighted by Gasteiger charge is 2.16. The van der Waals surface area contributed by atoms with Crippen LogP contribution < -0.4 is 16.0 Å². The van der Waals surface area contributed by atoms with Crippen molar-refractivity contribution in [3.05, 3.63) is 81.7 Å². The summed E-state index contributed by atoms with van der Waals surface area (Å²) in [6.45, 7) is 0. The van der Waals surface area contributed by atoms with E-state index in [1.165, 1.54) is 0 Å². The number of rotatable bonds is 0. The minimum Gasteiger partial charge on any atom is -0.355 e. The van der Waals surface area contributed by atoms with Crippen LogP contribution in [0, 0.1) is 0 Å². The molecule has 3 N–H and O–H groups in total. The van der Waals surface area contributed by atoms with Gasteiger partial charge in [0.1, 0.15) is 0 Å². The Bertz CT molecular complexity index is 1180. The quantitative estimate of drug-likeness (QED) is 0.684. The van der Waals surface area contributed by atoms with Gasteiger partial charge < -0.3 is 15.3 Å². The molecule has 0 radical (unpaired) electrons. The van der Waals surface area contributed by atoms with Crippen molar-refractivity contribution < 1.29 is 4.79 Å². The number of aliphatic imine (C=N–C) groups is 1. The largest absolute Gasteiger partial charge is 0.355 e. The number of carbonyl (C=O) groups is 1. The van der Waals surface area contributed by atoms with Crippen molar-refractivity contribution in [3.63, 3.8) is 0 Å². The van der Waals surface area contributed by atoms with E-state index in [4.69, 9.17) is 0 Å². The van der Waals surface area contributed by atoms with Crippen LogP contribution in [-0.4, -0.2) is 21.5 Å². The van der Waals surface area contributed by atoms with Gasteiger partial charge in [0.25, 0.3) is 0 Å². The number of hydrogen-bond donors (Lipinski definition) is 3. The third-order valence-corrected chi connectivity index (χ3v) is 4.19. The SMILES string of the molecule is O=C1C=C2C=c3ccc([nH]3)=CC3=NC(=Cc4ccc([nH]4)C=C1N2)C=C3. The summed E-state index contributed by atoms with van der Waals surface area (Å²) in [5.41, 5.74) is 4.91. The van der Waals surface area contributed by atoms with E-state index in [-0.39, 0.29) is 5.78 Å². The molecule has 0 saturated carbocycles. The molecule has 0 aliphatic carbocycles. The molecule has 3 aliphatic heterocycles. The molecule has 0 fully saturated rings.